The smallest absolute Gasteiger partial charge is 0.186 e. The van der Waals surface area contributed by atoms with Gasteiger partial charge in [0.2, 0.25) is 0 Å². The van der Waals surface area contributed by atoms with Gasteiger partial charge in [-0.05, 0) is 20.3 Å². The molecule has 0 bridgehead atoms. The van der Waals surface area contributed by atoms with Crippen molar-refractivity contribution in [3.8, 4) is 0 Å². The van der Waals surface area contributed by atoms with Crippen LogP contribution in [-0.2, 0) is 0 Å². The van der Waals surface area contributed by atoms with Gasteiger partial charge in [0.1, 0.15) is 6.33 Å². The van der Waals surface area contributed by atoms with E-state index in [0.717, 1.165) is 6.42 Å². The highest BCUT2D eigenvalue weighted by Gasteiger charge is 2.22. The van der Waals surface area contributed by atoms with Gasteiger partial charge in [-0.3, -0.25) is 0 Å². The van der Waals surface area contributed by atoms with Crippen LogP contribution in [0.25, 0.3) is 0 Å². The van der Waals surface area contributed by atoms with Gasteiger partial charge in [-0.15, -0.1) is 0 Å². The lowest BCUT2D eigenvalue weighted by Crippen LogP contribution is -2.42. The predicted octanol–water partition coefficient (Wildman–Crippen LogP) is 1.46. The summed E-state index contributed by atoms with van der Waals surface area (Å²) in [4.78, 5) is 7.63. The van der Waals surface area contributed by atoms with Crippen LogP contribution in [0.3, 0.4) is 0 Å². The Labute approximate surface area is 89.1 Å². The Morgan fingerprint density at radius 2 is 2.20 bits per heavy atom. The van der Waals surface area contributed by atoms with Gasteiger partial charge in [-0.1, -0.05) is 6.92 Å². The number of rotatable bonds is 4. The van der Waals surface area contributed by atoms with Crippen LogP contribution >= 0.6 is 0 Å². The van der Waals surface area contributed by atoms with Crippen molar-refractivity contribution in [2.45, 2.75) is 32.7 Å². The molecule has 0 saturated heterocycles. The lowest BCUT2D eigenvalue weighted by Gasteiger charge is -2.28. The van der Waals surface area contributed by atoms with Crippen LogP contribution in [0.15, 0.2) is 6.33 Å². The first-order valence-electron chi connectivity index (χ1n) is 4.98. The summed E-state index contributed by atoms with van der Waals surface area (Å²) in [6, 6.07) is 0. The molecule has 0 fully saturated rings. The molecule has 1 aromatic rings. The van der Waals surface area contributed by atoms with E-state index < -0.39 is 5.82 Å². The van der Waals surface area contributed by atoms with E-state index in [2.05, 4.69) is 15.3 Å². The SMILES string of the molecule is CCC(C)(CN)Nc1ncnc(C)c1F. The Morgan fingerprint density at radius 1 is 1.53 bits per heavy atom. The van der Waals surface area contributed by atoms with E-state index in [1.165, 1.54) is 6.33 Å². The van der Waals surface area contributed by atoms with Crippen LogP contribution in [0.5, 0.6) is 0 Å². The van der Waals surface area contributed by atoms with Gasteiger partial charge < -0.3 is 11.1 Å². The fraction of sp³-hybridized carbons (Fsp3) is 0.600. The molecule has 0 aliphatic rings. The lowest BCUT2D eigenvalue weighted by atomic mass is 9.99. The maximum atomic E-state index is 13.6. The van der Waals surface area contributed by atoms with Gasteiger partial charge >= 0.3 is 0 Å². The van der Waals surface area contributed by atoms with E-state index in [4.69, 9.17) is 5.73 Å². The normalized spacial score (nSPS) is 14.7. The summed E-state index contributed by atoms with van der Waals surface area (Å²) < 4.78 is 13.6. The van der Waals surface area contributed by atoms with Crippen molar-refractivity contribution >= 4 is 5.82 Å². The largest absolute Gasteiger partial charge is 0.361 e. The van der Waals surface area contributed by atoms with Crippen LogP contribution in [0.2, 0.25) is 0 Å². The summed E-state index contributed by atoms with van der Waals surface area (Å²) in [6.07, 6.45) is 2.14. The van der Waals surface area contributed by atoms with Crippen molar-refractivity contribution in [1.29, 1.82) is 0 Å². The van der Waals surface area contributed by atoms with Gasteiger partial charge in [-0.25, -0.2) is 14.4 Å². The first kappa shape index (κ1) is 11.8. The number of halogens is 1. The fourth-order valence-corrected chi connectivity index (χ4v) is 1.11. The highest BCUT2D eigenvalue weighted by atomic mass is 19.1. The molecule has 0 aliphatic heterocycles. The molecule has 3 N–H and O–H groups in total. The number of anilines is 1. The zero-order chi connectivity index (χ0) is 11.5. The van der Waals surface area contributed by atoms with Crippen molar-refractivity contribution < 1.29 is 4.39 Å². The lowest BCUT2D eigenvalue weighted by molar-refractivity contribution is 0.495. The van der Waals surface area contributed by atoms with Gasteiger partial charge in [0.05, 0.1) is 5.69 Å². The molecule has 1 unspecified atom stereocenters. The van der Waals surface area contributed by atoms with Crippen LogP contribution in [0, 0.1) is 12.7 Å². The molecule has 1 aromatic heterocycles. The minimum Gasteiger partial charge on any atom is -0.361 e. The number of nitrogens with one attached hydrogen (secondary N) is 1. The molecular formula is C10H17FN4. The molecule has 0 saturated carbocycles. The minimum atomic E-state index is -0.411. The molecule has 0 aliphatic carbocycles. The standard InChI is InChI=1S/C10H17FN4/c1-4-10(3,5-12)15-9-8(11)7(2)13-6-14-9/h6H,4-5,12H2,1-3H3,(H,13,14,15). The summed E-state index contributed by atoms with van der Waals surface area (Å²) in [7, 11) is 0. The second-order valence-electron chi connectivity index (χ2n) is 3.87. The summed E-state index contributed by atoms with van der Waals surface area (Å²) in [5, 5.41) is 3.01. The molecular weight excluding hydrogens is 195 g/mol. The van der Waals surface area contributed by atoms with Crippen LogP contribution in [0.1, 0.15) is 26.0 Å². The van der Waals surface area contributed by atoms with Crippen molar-refractivity contribution in [3.05, 3.63) is 17.8 Å². The van der Waals surface area contributed by atoms with Crippen LogP contribution < -0.4 is 11.1 Å². The average molecular weight is 212 g/mol. The molecule has 84 valence electrons. The van der Waals surface area contributed by atoms with Crippen molar-refractivity contribution in [2.24, 2.45) is 5.73 Å². The van der Waals surface area contributed by atoms with E-state index in [-0.39, 0.29) is 11.4 Å². The number of nitrogens with two attached hydrogens (primary N) is 1. The number of nitrogens with zero attached hydrogens (tertiary/aromatic N) is 2. The molecule has 0 amide bonds. The highest BCUT2D eigenvalue weighted by Crippen LogP contribution is 2.19. The van der Waals surface area contributed by atoms with Gasteiger partial charge in [0.25, 0.3) is 0 Å². The van der Waals surface area contributed by atoms with Crippen molar-refractivity contribution in [3.63, 3.8) is 0 Å². The maximum absolute atomic E-state index is 13.6. The Morgan fingerprint density at radius 3 is 2.73 bits per heavy atom. The van der Waals surface area contributed by atoms with Crippen LogP contribution in [-0.4, -0.2) is 22.1 Å². The summed E-state index contributed by atoms with van der Waals surface area (Å²) in [5.41, 5.74) is 5.63. The predicted molar refractivity (Wildman–Crippen MR) is 58.1 cm³/mol. The summed E-state index contributed by atoms with van der Waals surface area (Å²) >= 11 is 0. The Kier molecular flexibility index (Phi) is 3.57. The van der Waals surface area contributed by atoms with Crippen molar-refractivity contribution in [1.82, 2.24) is 9.97 Å². The second-order valence-corrected chi connectivity index (χ2v) is 3.87. The monoisotopic (exact) mass is 212 g/mol. The summed E-state index contributed by atoms with van der Waals surface area (Å²) in [5.74, 6) is -0.192. The Hall–Kier alpha value is -1.23. The molecule has 5 heteroatoms. The number of hydrogen-bond acceptors (Lipinski definition) is 4. The third kappa shape index (κ3) is 2.62. The first-order valence-corrected chi connectivity index (χ1v) is 4.98. The molecule has 0 radical (unpaired) electrons. The number of aromatic nitrogens is 2. The molecule has 1 atom stereocenters. The van der Waals surface area contributed by atoms with E-state index in [1.807, 2.05) is 13.8 Å². The number of aryl methyl sites for hydroxylation is 1. The van der Waals surface area contributed by atoms with E-state index in [9.17, 15) is 4.39 Å². The van der Waals surface area contributed by atoms with Gasteiger partial charge in [-0.2, -0.15) is 0 Å². The van der Waals surface area contributed by atoms with Gasteiger partial charge in [0.15, 0.2) is 11.6 Å². The molecule has 4 nitrogen and oxygen atoms in total. The topological polar surface area (TPSA) is 63.8 Å². The van der Waals surface area contributed by atoms with Crippen LogP contribution in [0.4, 0.5) is 10.2 Å². The second kappa shape index (κ2) is 4.53. The molecule has 0 spiro atoms. The van der Waals surface area contributed by atoms with Gasteiger partial charge in [0, 0.05) is 12.1 Å². The minimum absolute atomic E-state index is 0.220. The zero-order valence-electron chi connectivity index (χ0n) is 9.34. The summed E-state index contributed by atoms with van der Waals surface area (Å²) in [6.45, 7) is 5.95. The van der Waals surface area contributed by atoms with Crippen molar-refractivity contribution in [2.75, 3.05) is 11.9 Å². The number of hydrogen-bond donors (Lipinski definition) is 2. The molecule has 15 heavy (non-hydrogen) atoms. The highest BCUT2D eigenvalue weighted by molar-refractivity contribution is 5.39. The molecule has 0 aromatic carbocycles. The average Bonchev–Trinajstić information content (AvgIpc) is 2.25. The molecule has 1 rings (SSSR count). The Bertz CT molecular complexity index is 336. The maximum Gasteiger partial charge on any atom is 0.186 e. The van der Waals surface area contributed by atoms with E-state index >= 15 is 0 Å². The van der Waals surface area contributed by atoms with E-state index in [0.29, 0.717) is 12.2 Å². The third-order valence-electron chi connectivity index (χ3n) is 2.61. The quantitative estimate of drug-likeness (QED) is 0.793. The fourth-order valence-electron chi connectivity index (χ4n) is 1.11. The first-order chi connectivity index (χ1) is 7.02. The third-order valence-corrected chi connectivity index (χ3v) is 2.61. The van der Waals surface area contributed by atoms with E-state index in [1.54, 1.807) is 6.92 Å². The zero-order valence-corrected chi connectivity index (χ0v) is 9.34. The molecule has 1 heterocycles. The Balaban J connectivity index is 2.94.